The second-order valence-corrected chi connectivity index (χ2v) is 14.6. The molecule has 0 radical (unpaired) electrons. The summed E-state index contributed by atoms with van der Waals surface area (Å²) in [5.41, 5.74) is 0. The maximum absolute atomic E-state index is 12.4. The SMILES string of the molecule is CCCCCCCCCCCCCCCCCCCCCCCCCC(O)C(CO)NC(=O)C(O)CCCCCCCCCCC. The normalized spacial score (nSPS) is 13.6. The van der Waals surface area contributed by atoms with Crippen LogP contribution in [0.2, 0.25) is 0 Å². The van der Waals surface area contributed by atoms with Crippen molar-refractivity contribution >= 4 is 5.91 Å². The topological polar surface area (TPSA) is 89.8 Å². The van der Waals surface area contributed by atoms with Crippen molar-refractivity contribution in [3.05, 3.63) is 0 Å². The van der Waals surface area contributed by atoms with Gasteiger partial charge in [-0.15, -0.1) is 0 Å². The van der Waals surface area contributed by atoms with Crippen molar-refractivity contribution in [2.45, 2.75) is 250 Å². The Balaban J connectivity index is 3.52. The third kappa shape index (κ3) is 31.9. The zero-order valence-electron chi connectivity index (χ0n) is 31.2. The minimum atomic E-state index is -1.06. The summed E-state index contributed by atoms with van der Waals surface area (Å²) in [4.78, 5) is 12.4. The van der Waals surface area contributed by atoms with Crippen molar-refractivity contribution in [3.63, 3.8) is 0 Å². The van der Waals surface area contributed by atoms with Crippen LogP contribution in [-0.4, -0.2) is 46.1 Å². The fraction of sp³-hybridized carbons (Fsp3) is 0.976. The Morgan fingerprint density at radius 2 is 0.696 bits per heavy atom. The predicted molar refractivity (Wildman–Crippen MR) is 199 cm³/mol. The number of aliphatic hydroxyl groups excluding tert-OH is 3. The van der Waals surface area contributed by atoms with Crippen LogP contribution >= 0.6 is 0 Å². The molecule has 5 heteroatoms. The van der Waals surface area contributed by atoms with Gasteiger partial charge in [-0.1, -0.05) is 219 Å². The van der Waals surface area contributed by atoms with Crippen molar-refractivity contribution in [2.24, 2.45) is 0 Å². The lowest BCUT2D eigenvalue weighted by atomic mass is 10.0. The van der Waals surface area contributed by atoms with Crippen molar-refractivity contribution in [1.29, 1.82) is 0 Å². The zero-order valence-corrected chi connectivity index (χ0v) is 31.2. The van der Waals surface area contributed by atoms with Gasteiger partial charge in [-0.25, -0.2) is 0 Å². The predicted octanol–water partition coefficient (Wildman–Crippen LogP) is 11.5. The quantitative estimate of drug-likeness (QED) is 0.0499. The van der Waals surface area contributed by atoms with Gasteiger partial charge in [0, 0.05) is 0 Å². The van der Waals surface area contributed by atoms with E-state index in [9.17, 15) is 20.1 Å². The molecule has 0 heterocycles. The molecule has 0 spiro atoms. The molecule has 1 amide bonds. The average Bonchev–Trinajstić information content (AvgIpc) is 3.06. The van der Waals surface area contributed by atoms with Crippen LogP contribution in [0.1, 0.15) is 232 Å². The van der Waals surface area contributed by atoms with Gasteiger partial charge in [0.2, 0.25) is 5.91 Å². The monoisotopic (exact) mass is 654 g/mol. The van der Waals surface area contributed by atoms with Crippen molar-refractivity contribution in [2.75, 3.05) is 6.61 Å². The second kappa shape index (κ2) is 37.2. The Kier molecular flexibility index (Phi) is 36.6. The van der Waals surface area contributed by atoms with Crippen LogP contribution in [0.4, 0.5) is 0 Å². The first-order valence-corrected chi connectivity index (χ1v) is 20.8. The Hall–Kier alpha value is -0.650. The smallest absolute Gasteiger partial charge is 0.249 e. The van der Waals surface area contributed by atoms with Gasteiger partial charge in [-0.2, -0.15) is 0 Å². The number of amides is 1. The van der Waals surface area contributed by atoms with E-state index in [2.05, 4.69) is 19.2 Å². The largest absolute Gasteiger partial charge is 0.394 e. The van der Waals surface area contributed by atoms with E-state index in [0.29, 0.717) is 12.8 Å². The first kappa shape index (κ1) is 45.3. The van der Waals surface area contributed by atoms with Gasteiger partial charge in [0.05, 0.1) is 18.8 Å². The van der Waals surface area contributed by atoms with Crippen molar-refractivity contribution in [3.8, 4) is 0 Å². The van der Waals surface area contributed by atoms with Crippen LogP contribution in [0, 0.1) is 0 Å². The van der Waals surface area contributed by atoms with E-state index in [-0.39, 0.29) is 6.61 Å². The van der Waals surface area contributed by atoms with E-state index < -0.39 is 24.2 Å². The van der Waals surface area contributed by atoms with Crippen LogP contribution in [-0.2, 0) is 4.79 Å². The summed E-state index contributed by atoms with van der Waals surface area (Å²) in [5.74, 6) is -0.470. The molecule has 0 aliphatic heterocycles. The maximum atomic E-state index is 12.4. The van der Waals surface area contributed by atoms with Gasteiger partial charge >= 0.3 is 0 Å². The Bertz CT molecular complexity index is 601. The van der Waals surface area contributed by atoms with Gasteiger partial charge in [-0.3, -0.25) is 4.79 Å². The van der Waals surface area contributed by atoms with Gasteiger partial charge in [0.25, 0.3) is 0 Å². The molecule has 46 heavy (non-hydrogen) atoms. The third-order valence-electron chi connectivity index (χ3n) is 9.98. The van der Waals surface area contributed by atoms with E-state index in [1.165, 1.54) is 173 Å². The highest BCUT2D eigenvalue weighted by atomic mass is 16.3. The average molecular weight is 654 g/mol. The Morgan fingerprint density at radius 1 is 0.435 bits per heavy atom. The van der Waals surface area contributed by atoms with E-state index in [1.54, 1.807) is 0 Å². The lowest BCUT2D eigenvalue weighted by molar-refractivity contribution is -0.131. The summed E-state index contributed by atoms with van der Waals surface area (Å²) in [6.07, 6.45) is 41.1. The Morgan fingerprint density at radius 3 is 0.978 bits per heavy atom. The first-order chi connectivity index (χ1) is 22.6. The van der Waals surface area contributed by atoms with Gasteiger partial charge in [0.1, 0.15) is 6.10 Å². The highest BCUT2D eigenvalue weighted by molar-refractivity contribution is 5.80. The van der Waals surface area contributed by atoms with Crippen LogP contribution in [0.15, 0.2) is 0 Å². The summed E-state index contributed by atoms with van der Waals surface area (Å²) in [7, 11) is 0. The van der Waals surface area contributed by atoms with E-state index in [4.69, 9.17) is 0 Å². The summed E-state index contributed by atoms with van der Waals surface area (Å²) in [6, 6.07) is -0.704. The molecule has 0 aliphatic rings. The summed E-state index contributed by atoms with van der Waals surface area (Å²) >= 11 is 0. The van der Waals surface area contributed by atoms with E-state index in [1.807, 2.05) is 0 Å². The lowest BCUT2D eigenvalue weighted by Crippen LogP contribution is -2.49. The Labute approximate surface area is 287 Å². The summed E-state index contributed by atoms with van der Waals surface area (Å²) in [5, 5.41) is 33.1. The number of rotatable bonds is 38. The number of carbonyl (C=O) groups is 1. The molecule has 3 unspecified atom stereocenters. The molecular formula is C41H83NO4. The molecule has 0 fully saturated rings. The molecule has 0 saturated heterocycles. The first-order valence-electron chi connectivity index (χ1n) is 20.8. The molecule has 276 valence electrons. The van der Waals surface area contributed by atoms with Gasteiger partial charge in [0.15, 0.2) is 0 Å². The number of hydrogen-bond donors (Lipinski definition) is 4. The van der Waals surface area contributed by atoms with E-state index >= 15 is 0 Å². The molecular weight excluding hydrogens is 570 g/mol. The fourth-order valence-electron chi connectivity index (χ4n) is 6.66. The maximum Gasteiger partial charge on any atom is 0.249 e. The van der Waals surface area contributed by atoms with Gasteiger partial charge < -0.3 is 20.6 Å². The molecule has 0 aromatic carbocycles. The lowest BCUT2D eigenvalue weighted by Gasteiger charge is -2.23. The molecule has 0 rings (SSSR count). The molecule has 4 N–H and O–H groups in total. The molecule has 3 atom stereocenters. The molecule has 0 aliphatic carbocycles. The van der Waals surface area contributed by atoms with Crippen LogP contribution < -0.4 is 5.32 Å². The van der Waals surface area contributed by atoms with Crippen LogP contribution in [0.3, 0.4) is 0 Å². The number of hydrogen-bond acceptors (Lipinski definition) is 4. The summed E-state index contributed by atoms with van der Waals surface area (Å²) < 4.78 is 0. The zero-order chi connectivity index (χ0) is 33.8. The minimum absolute atomic E-state index is 0.309. The third-order valence-corrected chi connectivity index (χ3v) is 9.98. The molecule has 0 bridgehead atoms. The minimum Gasteiger partial charge on any atom is -0.394 e. The fourth-order valence-corrected chi connectivity index (χ4v) is 6.66. The van der Waals surface area contributed by atoms with Crippen LogP contribution in [0.5, 0.6) is 0 Å². The van der Waals surface area contributed by atoms with Crippen molar-refractivity contribution < 1.29 is 20.1 Å². The highest BCUT2D eigenvalue weighted by Crippen LogP contribution is 2.17. The number of nitrogens with one attached hydrogen (secondary N) is 1. The number of carbonyl (C=O) groups excluding carboxylic acids is 1. The number of aliphatic hydroxyl groups is 3. The second-order valence-electron chi connectivity index (χ2n) is 14.6. The number of unbranched alkanes of at least 4 members (excludes halogenated alkanes) is 30. The molecule has 0 aromatic rings. The molecule has 0 saturated carbocycles. The molecule has 0 aromatic heterocycles. The molecule has 5 nitrogen and oxygen atoms in total. The standard InChI is InChI=1S/C41H83NO4/c1-3-5-7-9-11-13-14-15-16-17-18-19-20-21-22-23-24-25-26-28-29-31-33-35-39(44)38(37-43)42-41(46)40(45)36-34-32-30-27-12-10-8-6-4-2/h38-40,43-45H,3-37H2,1-2H3,(H,42,46). The van der Waals surface area contributed by atoms with E-state index in [0.717, 1.165) is 32.1 Å². The van der Waals surface area contributed by atoms with Crippen LogP contribution in [0.25, 0.3) is 0 Å². The van der Waals surface area contributed by atoms with Crippen molar-refractivity contribution in [1.82, 2.24) is 5.32 Å². The van der Waals surface area contributed by atoms with Gasteiger partial charge in [-0.05, 0) is 12.8 Å². The highest BCUT2D eigenvalue weighted by Gasteiger charge is 2.23. The summed E-state index contributed by atoms with van der Waals surface area (Å²) in [6.45, 7) is 4.21.